The molecule has 0 spiro atoms. The summed E-state index contributed by atoms with van der Waals surface area (Å²) in [5, 5.41) is 9.29. The van der Waals surface area contributed by atoms with Crippen molar-refractivity contribution in [1.29, 1.82) is 0 Å². The molecule has 2 aromatic carbocycles. The molecule has 33 heavy (non-hydrogen) atoms. The summed E-state index contributed by atoms with van der Waals surface area (Å²) in [6.07, 6.45) is 1.05. The highest BCUT2D eigenvalue weighted by molar-refractivity contribution is 14.0. The highest BCUT2D eigenvalue weighted by atomic mass is 127. The minimum absolute atomic E-state index is 0. The number of carbonyl (C=O) groups excluding carboxylic acids is 1. The number of rotatable bonds is 10. The number of imidazole rings is 1. The average molecular weight is 566 g/mol. The Morgan fingerprint density at radius 2 is 1.88 bits per heavy atom. The van der Waals surface area contributed by atoms with Gasteiger partial charge < -0.3 is 20.5 Å². The Morgan fingerprint density at radius 1 is 1.09 bits per heavy atom. The Hall–Kier alpha value is -2.69. The molecular formula is C24H32FIN6O. The molecule has 3 rings (SSSR count). The van der Waals surface area contributed by atoms with Crippen LogP contribution in [0.15, 0.2) is 53.5 Å². The van der Waals surface area contributed by atoms with Crippen molar-refractivity contribution in [3.05, 3.63) is 65.7 Å². The minimum Gasteiger partial charge on any atom is -0.357 e. The number of benzene rings is 2. The maximum Gasteiger partial charge on any atom is 0.224 e. The van der Waals surface area contributed by atoms with E-state index in [0.29, 0.717) is 25.2 Å². The zero-order chi connectivity index (χ0) is 22.8. The van der Waals surface area contributed by atoms with E-state index in [0.717, 1.165) is 42.3 Å². The molecule has 0 aliphatic rings. The molecule has 1 aromatic heterocycles. The summed E-state index contributed by atoms with van der Waals surface area (Å²) in [4.78, 5) is 21.2. The van der Waals surface area contributed by atoms with Crippen LogP contribution >= 0.6 is 24.0 Å². The topological polar surface area (TPSA) is 83.3 Å². The number of hydrogen-bond acceptors (Lipinski definition) is 3. The molecular weight excluding hydrogens is 534 g/mol. The largest absolute Gasteiger partial charge is 0.357 e. The molecule has 0 atom stereocenters. The minimum atomic E-state index is -0.333. The number of halogens is 2. The fourth-order valence-electron chi connectivity index (χ4n) is 3.52. The number of fused-ring (bicyclic) bond motifs is 1. The monoisotopic (exact) mass is 566 g/mol. The van der Waals surface area contributed by atoms with Gasteiger partial charge in [-0.3, -0.25) is 9.79 Å². The van der Waals surface area contributed by atoms with Crippen molar-refractivity contribution in [2.75, 3.05) is 26.2 Å². The number of guanidine groups is 1. The van der Waals surface area contributed by atoms with Gasteiger partial charge in [-0.1, -0.05) is 24.3 Å². The van der Waals surface area contributed by atoms with Gasteiger partial charge in [-0.05, 0) is 50.1 Å². The molecule has 0 radical (unpaired) electrons. The van der Waals surface area contributed by atoms with E-state index in [-0.39, 0.29) is 42.1 Å². The van der Waals surface area contributed by atoms with Crippen molar-refractivity contribution in [3.8, 4) is 0 Å². The molecule has 1 amide bonds. The number of amides is 1. The van der Waals surface area contributed by atoms with Gasteiger partial charge in [-0.15, -0.1) is 24.0 Å². The van der Waals surface area contributed by atoms with Crippen molar-refractivity contribution in [2.45, 2.75) is 33.2 Å². The van der Waals surface area contributed by atoms with E-state index in [1.54, 1.807) is 12.1 Å². The number of aryl methyl sites for hydroxylation is 2. The fourth-order valence-corrected chi connectivity index (χ4v) is 3.52. The quantitative estimate of drug-likeness (QED) is 0.152. The number of nitrogens with zero attached hydrogens (tertiary/aromatic N) is 3. The summed E-state index contributed by atoms with van der Waals surface area (Å²) in [7, 11) is 0. The van der Waals surface area contributed by atoms with E-state index in [4.69, 9.17) is 0 Å². The summed E-state index contributed by atoms with van der Waals surface area (Å²) in [6.45, 7) is 7.32. The molecule has 0 aliphatic heterocycles. The third kappa shape index (κ3) is 8.30. The lowest BCUT2D eigenvalue weighted by Gasteiger charge is -2.12. The molecule has 0 fully saturated rings. The standard InChI is InChI=1S/C24H31FN6O.HI/c1-3-26-24(29-14-13-27-23(32)17-19-8-6-9-20(25)16-19)28-12-7-15-31-18(2)30-21-10-4-5-11-22(21)31;/h4-6,8-11,16H,3,7,12-15,17H2,1-2H3,(H,27,32)(H2,26,28,29);1H. The van der Waals surface area contributed by atoms with Gasteiger partial charge in [0, 0.05) is 32.7 Å². The first-order valence-electron chi connectivity index (χ1n) is 11.0. The average Bonchev–Trinajstić information content (AvgIpc) is 3.09. The van der Waals surface area contributed by atoms with Gasteiger partial charge in [0.05, 0.1) is 17.5 Å². The predicted octanol–water partition coefficient (Wildman–Crippen LogP) is 3.41. The molecule has 3 N–H and O–H groups in total. The van der Waals surface area contributed by atoms with E-state index in [1.165, 1.54) is 12.1 Å². The Bertz CT molecular complexity index is 1070. The molecule has 0 unspecified atom stereocenters. The smallest absolute Gasteiger partial charge is 0.224 e. The number of nitrogens with one attached hydrogen (secondary N) is 3. The van der Waals surface area contributed by atoms with E-state index in [1.807, 2.05) is 32.0 Å². The van der Waals surface area contributed by atoms with Crippen LogP contribution in [0.1, 0.15) is 24.7 Å². The second kappa shape index (κ2) is 13.8. The van der Waals surface area contributed by atoms with Gasteiger partial charge >= 0.3 is 0 Å². The lowest BCUT2D eigenvalue weighted by Crippen LogP contribution is -2.41. The van der Waals surface area contributed by atoms with Gasteiger partial charge in [0.2, 0.25) is 5.91 Å². The normalized spacial score (nSPS) is 11.2. The number of para-hydroxylation sites is 2. The molecule has 9 heteroatoms. The SMILES string of the molecule is CCNC(=NCCCn1c(C)nc2ccccc21)NCCNC(=O)Cc1cccc(F)c1.I. The highest BCUT2D eigenvalue weighted by Gasteiger charge is 2.06. The first-order valence-corrected chi connectivity index (χ1v) is 11.0. The molecule has 1 heterocycles. The molecule has 0 saturated carbocycles. The molecule has 3 aromatic rings. The highest BCUT2D eigenvalue weighted by Crippen LogP contribution is 2.15. The number of aromatic nitrogens is 2. The maximum atomic E-state index is 13.2. The summed E-state index contributed by atoms with van der Waals surface area (Å²) in [5.41, 5.74) is 2.82. The first-order chi connectivity index (χ1) is 15.6. The lowest BCUT2D eigenvalue weighted by atomic mass is 10.1. The van der Waals surface area contributed by atoms with Crippen LogP contribution in [0.25, 0.3) is 11.0 Å². The fraction of sp³-hybridized carbons (Fsp3) is 0.375. The second-order valence-corrected chi connectivity index (χ2v) is 7.50. The zero-order valence-corrected chi connectivity index (χ0v) is 21.4. The summed E-state index contributed by atoms with van der Waals surface area (Å²) in [5.74, 6) is 1.26. The Morgan fingerprint density at radius 3 is 2.67 bits per heavy atom. The van der Waals surface area contributed by atoms with E-state index in [2.05, 4.69) is 36.6 Å². The Balaban J connectivity index is 0.00000385. The summed E-state index contributed by atoms with van der Waals surface area (Å²) >= 11 is 0. The molecule has 0 bridgehead atoms. The van der Waals surface area contributed by atoms with Crippen LogP contribution in [0.3, 0.4) is 0 Å². The van der Waals surface area contributed by atoms with Crippen LogP contribution in [0.4, 0.5) is 4.39 Å². The molecule has 0 saturated heterocycles. The van der Waals surface area contributed by atoms with Crippen molar-refractivity contribution in [2.24, 2.45) is 4.99 Å². The molecule has 7 nitrogen and oxygen atoms in total. The number of hydrogen-bond donors (Lipinski definition) is 3. The van der Waals surface area contributed by atoms with Crippen LogP contribution in [-0.4, -0.2) is 47.6 Å². The third-order valence-corrected chi connectivity index (χ3v) is 4.99. The van der Waals surface area contributed by atoms with Gasteiger partial charge in [0.1, 0.15) is 11.6 Å². The Kier molecular flexibility index (Phi) is 11.1. The van der Waals surface area contributed by atoms with E-state index >= 15 is 0 Å². The van der Waals surface area contributed by atoms with E-state index in [9.17, 15) is 9.18 Å². The first kappa shape index (κ1) is 26.6. The van der Waals surface area contributed by atoms with Gasteiger partial charge in [0.15, 0.2) is 5.96 Å². The van der Waals surface area contributed by atoms with Crippen LogP contribution in [0, 0.1) is 12.7 Å². The molecule has 0 aliphatic carbocycles. The van der Waals surface area contributed by atoms with Crippen LogP contribution < -0.4 is 16.0 Å². The maximum absolute atomic E-state index is 13.2. The number of carbonyl (C=O) groups is 1. The molecule has 178 valence electrons. The van der Waals surface area contributed by atoms with Crippen LogP contribution in [0.5, 0.6) is 0 Å². The van der Waals surface area contributed by atoms with Crippen LogP contribution in [0.2, 0.25) is 0 Å². The lowest BCUT2D eigenvalue weighted by molar-refractivity contribution is -0.120. The van der Waals surface area contributed by atoms with Crippen molar-refractivity contribution >= 4 is 46.9 Å². The predicted molar refractivity (Wildman–Crippen MR) is 142 cm³/mol. The van der Waals surface area contributed by atoms with Crippen molar-refractivity contribution < 1.29 is 9.18 Å². The zero-order valence-electron chi connectivity index (χ0n) is 19.1. The van der Waals surface area contributed by atoms with Gasteiger partial charge in [-0.2, -0.15) is 0 Å². The third-order valence-electron chi connectivity index (χ3n) is 4.99. The Labute approximate surface area is 211 Å². The van der Waals surface area contributed by atoms with Crippen LogP contribution in [-0.2, 0) is 17.8 Å². The summed E-state index contributed by atoms with van der Waals surface area (Å²) < 4.78 is 15.4. The number of aliphatic imine (C=N–C) groups is 1. The van der Waals surface area contributed by atoms with Gasteiger partial charge in [0.25, 0.3) is 0 Å². The summed E-state index contributed by atoms with van der Waals surface area (Å²) in [6, 6.07) is 14.2. The van der Waals surface area contributed by atoms with E-state index < -0.39 is 0 Å². The van der Waals surface area contributed by atoms with Crippen molar-refractivity contribution in [1.82, 2.24) is 25.5 Å². The van der Waals surface area contributed by atoms with Gasteiger partial charge in [-0.25, -0.2) is 9.37 Å². The second-order valence-electron chi connectivity index (χ2n) is 7.50. The van der Waals surface area contributed by atoms with Crippen molar-refractivity contribution in [3.63, 3.8) is 0 Å².